The van der Waals surface area contributed by atoms with Crippen LogP contribution in [-0.4, -0.2) is 25.9 Å². The first kappa shape index (κ1) is 11.8. The topological polar surface area (TPSA) is 18.5 Å². The molecule has 2 nitrogen and oxygen atoms in total. The van der Waals surface area contributed by atoms with Crippen molar-refractivity contribution in [3.8, 4) is 0 Å². The lowest BCUT2D eigenvalue weighted by Crippen LogP contribution is -2.32. The summed E-state index contributed by atoms with van der Waals surface area (Å²) in [5.41, 5.74) is 0.108. The second-order valence-corrected chi connectivity index (χ2v) is 4.02. The van der Waals surface area contributed by atoms with Crippen LogP contribution >= 0.6 is 11.6 Å². The number of hydrogen-bond acceptors (Lipinski definition) is 2. The highest BCUT2D eigenvalue weighted by molar-refractivity contribution is 6.21. The average Bonchev–Trinajstić information content (AvgIpc) is 2.32. The van der Waals surface area contributed by atoms with Gasteiger partial charge in [-0.3, -0.25) is 0 Å². The van der Waals surface area contributed by atoms with Gasteiger partial charge in [0.2, 0.25) is 0 Å². The van der Waals surface area contributed by atoms with Crippen molar-refractivity contribution >= 4 is 11.6 Å². The quantitative estimate of drug-likeness (QED) is 0.749. The van der Waals surface area contributed by atoms with Crippen LogP contribution in [0.15, 0.2) is 18.2 Å². The maximum absolute atomic E-state index is 13.4. The molecule has 0 bridgehead atoms. The predicted octanol–water partition coefficient (Wildman–Crippen LogP) is 2.66. The number of hydrogen-bond donors (Lipinski definition) is 0. The first-order chi connectivity index (χ1) is 7.68. The zero-order chi connectivity index (χ0) is 11.5. The molecule has 1 saturated heterocycles. The van der Waals surface area contributed by atoms with Gasteiger partial charge in [0, 0.05) is 5.56 Å². The summed E-state index contributed by atoms with van der Waals surface area (Å²) in [5, 5.41) is -0.740. The van der Waals surface area contributed by atoms with Gasteiger partial charge in [-0.15, -0.1) is 11.6 Å². The van der Waals surface area contributed by atoms with Crippen LogP contribution in [0.4, 0.5) is 8.78 Å². The fraction of sp³-hybridized carbons (Fsp3) is 0.455. The van der Waals surface area contributed by atoms with Crippen LogP contribution in [0.5, 0.6) is 0 Å². The van der Waals surface area contributed by atoms with Gasteiger partial charge < -0.3 is 9.47 Å². The zero-order valence-corrected chi connectivity index (χ0v) is 9.21. The second kappa shape index (κ2) is 5.08. The van der Waals surface area contributed by atoms with E-state index in [0.717, 1.165) is 18.2 Å². The van der Waals surface area contributed by atoms with E-state index in [1.165, 1.54) is 0 Å². The lowest BCUT2D eigenvalue weighted by atomic mass is 10.1. The minimum Gasteiger partial charge on any atom is -0.376 e. The third kappa shape index (κ3) is 2.51. The van der Waals surface area contributed by atoms with E-state index in [9.17, 15) is 8.78 Å². The maximum Gasteiger partial charge on any atom is 0.128 e. The number of ether oxygens (including phenoxy) is 2. The summed E-state index contributed by atoms with van der Waals surface area (Å²) in [7, 11) is 0. The Morgan fingerprint density at radius 2 is 2.12 bits per heavy atom. The van der Waals surface area contributed by atoms with Gasteiger partial charge in [0.25, 0.3) is 0 Å². The summed E-state index contributed by atoms with van der Waals surface area (Å²) in [4.78, 5) is 0. The fourth-order valence-electron chi connectivity index (χ4n) is 1.60. The molecule has 1 aromatic carbocycles. The van der Waals surface area contributed by atoms with E-state index < -0.39 is 23.1 Å². The molecular weight excluding hydrogens is 238 g/mol. The Labute approximate surface area is 97.1 Å². The summed E-state index contributed by atoms with van der Waals surface area (Å²) in [6.07, 6.45) is -0.438. The van der Waals surface area contributed by atoms with E-state index in [1.54, 1.807) is 0 Å². The third-order valence-corrected chi connectivity index (χ3v) is 2.94. The molecule has 1 aromatic rings. The van der Waals surface area contributed by atoms with Gasteiger partial charge in [0.1, 0.15) is 17.7 Å². The molecule has 0 aliphatic carbocycles. The van der Waals surface area contributed by atoms with Crippen LogP contribution < -0.4 is 0 Å². The van der Waals surface area contributed by atoms with E-state index in [-0.39, 0.29) is 5.56 Å². The highest BCUT2D eigenvalue weighted by Gasteiger charge is 2.27. The van der Waals surface area contributed by atoms with Gasteiger partial charge in [-0.05, 0) is 18.2 Å². The van der Waals surface area contributed by atoms with Crippen molar-refractivity contribution in [2.75, 3.05) is 19.8 Å². The molecule has 5 heteroatoms. The van der Waals surface area contributed by atoms with Crippen LogP contribution in [0, 0.1) is 11.6 Å². The van der Waals surface area contributed by atoms with Gasteiger partial charge in [-0.2, -0.15) is 0 Å². The van der Waals surface area contributed by atoms with Crippen LogP contribution in [0.3, 0.4) is 0 Å². The molecular formula is C11H11ClF2O2. The molecule has 0 aromatic heterocycles. The summed E-state index contributed by atoms with van der Waals surface area (Å²) in [5.74, 6) is -1.05. The molecule has 0 N–H and O–H groups in total. The lowest BCUT2D eigenvalue weighted by Gasteiger charge is -2.27. The Hall–Kier alpha value is -0.710. The van der Waals surface area contributed by atoms with Crippen molar-refractivity contribution in [1.29, 1.82) is 0 Å². The van der Waals surface area contributed by atoms with Crippen LogP contribution in [0.2, 0.25) is 0 Å². The lowest BCUT2D eigenvalue weighted by molar-refractivity contribution is -0.0895. The van der Waals surface area contributed by atoms with E-state index >= 15 is 0 Å². The molecule has 0 saturated carbocycles. The van der Waals surface area contributed by atoms with Crippen molar-refractivity contribution in [1.82, 2.24) is 0 Å². The van der Waals surface area contributed by atoms with Crippen LogP contribution in [0.25, 0.3) is 0 Å². The van der Waals surface area contributed by atoms with E-state index in [0.29, 0.717) is 19.8 Å². The molecule has 88 valence electrons. The van der Waals surface area contributed by atoms with Crippen molar-refractivity contribution in [3.05, 3.63) is 35.4 Å². The summed E-state index contributed by atoms with van der Waals surface area (Å²) in [6.45, 7) is 1.22. The first-order valence-electron chi connectivity index (χ1n) is 4.97. The SMILES string of the molecule is Fc1ccc(F)c(C(Cl)C2COCCO2)c1. The van der Waals surface area contributed by atoms with Crippen molar-refractivity contribution in [2.24, 2.45) is 0 Å². The molecule has 0 radical (unpaired) electrons. The Bertz CT molecular complexity index is 367. The summed E-state index contributed by atoms with van der Waals surface area (Å²) < 4.78 is 36.9. The smallest absolute Gasteiger partial charge is 0.128 e. The normalized spacial score (nSPS) is 23.1. The van der Waals surface area contributed by atoms with E-state index in [4.69, 9.17) is 21.1 Å². The molecule has 1 fully saturated rings. The van der Waals surface area contributed by atoms with Gasteiger partial charge >= 0.3 is 0 Å². The number of halogens is 3. The highest BCUT2D eigenvalue weighted by Crippen LogP contribution is 2.30. The van der Waals surface area contributed by atoms with Crippen LogP contribution in [0.1, 0.15) is 10.9 Å². The Morgan fingerprint density at radius 3 is 2.81 bits per heavy atom. The van der Waals surface area contributed by atoms with Gasteiger partial charge in [-0.1, -0.05) is 0 Å². The second-order valence-electron chi connectivity index (χ2n) is 3.55. The summed E-state index contributed by atoms with van der Waals surface area (Å²) in [6, 6.07) is 3.20. The van der Waals surface area contributed by atoms with Crippen LogP contribution in [-0.2, 0) is 9.47 Å². The Morgan fingerprint density at radius 1 is 1.31 bits per heavy atom. The monoisotopic (exact) mass is 248 g/mol. The molecule has 16 heavy (non-hydrogen) atoms. The average molecular weight is 249 g/mol. The predicted molar refractivity (Wildman–Crippen MR) is 55.5 cm³/mol. The molecule has 1 heterocycles. The minimum atomic E-state index is -0.740. The third-order valence-electron chi connectivity index (χ3n) is 2.42. The number of alkyl halides is 1. The molecule has 1 aliphatic rings. The molecule has 1 aliphatic heterocycles. The van der Waals surface area contributed by atoms with Gasteiger partial charge in [0.05, 0.1) is 25.2 Å². The van der Waals surface area contributed by atoms with Crippen molar-refractivity contribution < 1.29 is 18.3 Å². The Kier molecular flexibility index (Phi) is 3.74. The summed E-state index contributed by atoms with van der Waals surface area (Å²) >= 11 is 6.05. The first-order valence-corrected chi connectivity index (χ1v) is 5.40. The van der Waals surface area contributed by atoms with E-state index in [1.807, 2.05) is 0 Å². The molecule has 2 atom stereocenters. The fourth-order valence-corrected chi connectivity index (χ4v) is 1.91. The zero-order valence-electron chi connectivity index (χ0n) is 8.46. The molecule has 0 amide bonds. The Balaban J connectivity index is 2.18. The molecule has 2 rings (SSSR count). The number of benzene rings is 1. The standard InChI is InChI=1S/C11H11ClF2O2/c12-11(10-6-15-3-4-16-10)8-5-7(13)1-2-9(8)14/h1-2,5,10-11H,3-4,6H2. The van der Waals surface area contributed by atoms with Gasteiger partial charge in [0.15, 0.2) is 0 Å². The van der Waals surface area contributed by atoms with Crippen molar-refractivity contribution in [2.45, 2.75) is 11.5 Å². The molecule has 0 spiro atoms. The van der Waals surface area contributed by atoms with Gasteiger partial charge in [-0.25, -0.2) is 8.78 Å². The van der Waals surface area contributed by atoms with E-state index in [2.05, 4.69) is 0 Å². The maximum atomic E-state index is 13.4. The molecule has 2 unspecified atom stereocenters. The highest BCUT2D eigenvalue weighted by atomic mass is 35.5. The number of rotatable bonds is 2. The minimum absolute atomic E-state index is 0.108. The van der Waals surface area contributed by atoms with Crippen molar-refractivity contribution in [3.63, 3.8) is 0 Å². The largest absolute Gasteiger partial charge is 0.376 e.